The van der Waals surface area contributed by atoms with Crippen molar-refractivity contribution in [2.24, 2.45) is 5.92 Å². The summed E-state index contributed by atoms with van der Waals surface area (Å²) in [5.74, 6) is -1.05. The molecule has 0 saturated heterocycles. The van der Waals surface area contributed by atoms with Gasteiger partial charge in [0.2, 0.25) is 5.91 Å². The van der Waals surface area contributed by atoms with Gasteiger partial charge in [-0.1, -0.05) is 12.5 Å². The number of carbonyl (C=O) groups is 2. The van der Waals surface area contributed by atoms with Crippen LogP contribution in [0.5, 0.6) is 0 Å². The van der Waals surface area contributed by atoms with Gasteiger partial charge in [0.25, 0.3) is 0 Å². The standard InChI is InChI=1S/C15H22N2O3S/c1-10(13-6-3-7-21-13)17-14(18)9-16-12-5-2-4-11(8-12)15(19)20/h3,6-7,10-12,16H,2,4-5,8-9H2,1H3,(H,17,18)(H,19,20). The Hall–Kier alpha value is -1.40. The van der Waals surface area contributed by atoms with Gasteiger partial charge in [0, 0.05) is 10.9 Å². The third kappa shape index (κ3) is 4.82. The molecule has 21 heavy (non-hydrogen) atoms. The largest absolute Gasteiger partial charge is 0.481 e. The van der Waals surface area contributed by atoms with Gasteiger partial charge in [-0.25, -0.2) is 0 Å². The van der Waals surface area contributed by atoms with Crippen LogP contribution in [0.3, 0.4) is 0 Å². The minimum Gasteiger partial charge on any atom is -0.481 e. The molecule has 1 saturated carbocycles. The minimum atomic E-state index is -0.725. The van der Waals surface area contributed by atoms with Crippen molar-refractivity contribution in [2.45, 2.75) is 44.7 Å². The van der Waals surface area contributed by atoms with E-state index in [4.69, 9.17) is 5.11 Å². The van der Waals surface area contributed by atoms with E-state index in [0.717, 1.165) is 24.1 Å². The SMILES string of the molecule is CC(NC(=O)CNC1CCCC(C(=O)O)C1)c1cccs1. The molecule has 1 aromatic heterocycles. The Kier molecular flexibility index (Phi) is 5.76. The highest BCUT2D eigenvalue weighted by Crippen LogP contribution is 2.24. The molecule has 0 radical (unpaired) electrons. The Morgan fingerprint density at radius 1 is 1.48 bits per heavy atom. The topological polar surface area (TPSA) is 78.4 Å². The molecule has 3 N–H and O–H groups in total. The van der Waals surface area contributed by atoms with Crippen LogP contribution in [0, 0.1) is 5.92 Å². The fourth-order valence-corrected chi connectivity index (χ4v) is 3.47. The molecular weight excluding hydrogens is 288 g/mol. The van der Waals surface area contributed by atoms with Crippen LogP contribution in [0.4, 0.5) is 0 Å². The number of nitrogens with one attached hydrogen (secondary N) is 2. The van der Waals surface area contributed by atoms with Crippen molar-refractivity contribution in [1.29, 1.82) is 0 Å². The van der Waals surface area contributed by atoms with Crippen LogP contribution < -0.4 is 10.6 Å². The first-order valence-corrected chi connectivity index (χ1v) is 8.23. The number of thiophene rings is 1. The highest BCUT2D eigenvalue weighted by Gasteiger charge is 2.26. The van der Waals surface area contributed by atoms with Crippen molar-refractivity contribution >= 4 is 23.2 Å². The van der Waals surface area contributed by atoms with E-state index in [-0.39, 0.29) is 30.5 Å². The molecular formula is C15H22N2O3S. The maximum Gasteiger partial charge on any atom is 0.306 e. The molecule has 1 heterocycles. The van der Waals surface area contributed by atoms with Crippen LogP contribution in [0.1, 0.15) is 43.5 Å². The molecule has 0 aromatic carbocycles. The van der Waals surface area contributed by atoms with Crippen LogP contribution in [0.2, 0.25) is 0 Å². The number of aliphatic carboxylic acids is 1. The minimum absolute atomic E-state index is 0.0115. The molecule has 1 aliphatic rings. The average molecular weight is 310 g/mol. The van der Waals surface area contributed by atoms with E-state index in [9.17, 15) is 9.59 Å². The quantitative estimate of drug-likeness (QED) is 0.752. The van der Waals surface area contributed by atoms with Gasteiger partial charge in [-0.05, 0) is 37.6 Å². The summed E-state index contributed by atoms with van der Waals surface area (Å²) in [5.41, 5.74) is 0. The number of rotatable bonds is 6. The van der Waals surface area contributed by atoms with Crippen molar-refractivity contribution in [1.82, 2.24) is 10.6 Å². The van der Waals surface area contributed by atoms with Crippen molar-refractivity contribution in [2.75, 3.05) is 6.54 Å². The third-order valence-electron chi connectivity index (χ3n) is 3.92. The van der Waals surface area contributed by atoms with E-state index in [1.54, 1.807) is 11.3 Å². The lowest BCUT2D eigenvalue weighted by molar-refractivity contribution is -0.143. The second-order valence-electron chi connectivity index (χ2n) is 5.58. The number of amides is 1. The van der Waals surface area contributed by atoms with E-state index >= 15 is 0 Å². The molecule has 0 spiro atoms. The summed E-state index contributed by atoms with van der Waals surface area (Å²) in [6.45, 7) is 2.21. The van der Waals surface area contributed by atoms with Crippen molar-refractivity contribution < 1.29 is 14.7 Å². The second kappa shape index (κ2) is 7.56. The molecule has 3 atom stereocenters. The van der Waals surface area contributed by atoms with Gasteiger partial charge < -0.3 is 15.7 Å². The lowest BCUT2D eigenvalue weighted by Gasteiger charge is -2.27. The van der Waals surface area contributed by atoms with Crippen molar-refractivity contribution in [3.63, 3.8) is 0 Å². The Labute approximate surface area is 128 Å². The lowest BCUT2D eigenvalue weighted by atomic mass is 9.86. The average Bonchev–Trinajstić information content (AvgIpc) is 2.99. The molecule has 2 rings (SSSR count). The summed E-state index contributed by atoms with van der Waals surface area (Å²) in [5, 5.41) is 17.2. The molecule has 1 fully saturated rings. The maximum atomic E-state index is 11.9. The van der Waals surface area contributed by atoms with Gasteiger partial charge in [0.15, 0.2) is 0 Å². The van der Waals surface area contributed by atoms with Gasteiger partial charge in [-0.15, -0.1) is 11.3 Å². The van der Waals surface area contributed by atoms with E-state index in [1.807, 2.05) is 24.4 Å². The first kappa shape index (κ1) is 16.0. The Morgan fingerprint density at radius 3 is 2.95 bits per heavy atom. The predicted octanol–water partition coefficient (Wildman–Crippen LogP) is 2.16. The normalized spacial score (nSPS) is 23.5. The van der Waals surface area contributed by atoms with Crippen LogP contribution >= 0.6 is 11.3 Å². The third-order valence-corrected chi connectivity index (χ3v) is 4.98. The second-order valence-corrected chi connectivity index (χ2v) is 6.56. The van der Waals surface area contributed by atoms with Gasteiger partial charge >= 0.3 is 5.97 Å². The molecule has 116 valence electrons. The zero-order valence-corrected chi connectivity index (χ0v) is 13.0. The zero-order valence-electron chi connectivity index (χ0n) is 12.2. The fourth-order valence-electron chi connectivity index (χ4n) is 2.74. The van der Waals surface area contributed by atoms with E-state index < -0.39 is 5.97 Å². The van der Waals surface area contributed by atoms with E-state index in [2.05, 4.69) is 10.6 Å². The molecule has 0 bridgehead atoms. The van der Waals surface area contributed by atoms with Gasteiger partial charge in [-0.3, -0.25) is 9.59 Å². The monoisotopic (exact) mass is 310 g/mol. The molecule has 0 aliphatic heterocycles. The van der Waals surface area contributed by atoms with Gasteiger partial charge in [-0.2, -0.15) is 0 Å². The first-order valence-electron chi connectivity index (χ1n) is 7.35. The molecule has 3 unspecified atom stereocenters. The highest BCUT2D eigenvalue weighted by molar-refractivity contribution is 7.10. The van der Waals surface area contributed by atoms with E-state index in [1.165, 1.54) is 0 Å². The van der Waals surface area contributed by atoms with Gasteiger partial charge in [0.05, 0.1) is 18.5 Å². The molecule has 1 aliphatic carbocycles. The van der Waals surface area contributed by atoms with Crippen LogP contribution in [0.15, 0.2) is 17.5 Å². The smallest absolute Gasteiger partial charge is 0.306 e. The predicted molar refractivity (Wildman–Crippen MR) is 82.3 cm³/mol. The van der Waals surface area contributed by atoms with Gasteiger partial charge in [0.1, 0.15) is 0 Å². The number of hydrogen-bond acceptors (Lipinski definition) is 4. The summed E-state index contributed by atoms with van der Waals surface area (Å²) in [6, 6.07) is 4.11. The Morgan fingerprint density at radius 2 is 2.29 bits per heavy atom. The molecule has 1 aromatic rings. The van der Waals surface area contributed by atoms with Crippen LogP contribution in [-0.2, 0) is 9.59 Å². The molecule has 5 nitrogen and oxygen atoms in total. The zero-order chi connectivity index (χ0) is 15.2. The summed E-state index contributed by atoms with van der Waals surface area (Å²) < 4.78 is 0. The van der Waals surface area contributed by atoms with Crippen molar-refractivity contribution in [3.8, 4) is 0 Å². The summed E-state index contributed by atoms with van der Waals surface area (Å²) in [6.07, 6.45) is 3.21. The number of hydrogen-bond donors (Lipinski definition) is 3. The van der Waals surface area contributed by atoms with Crippen molar-refractivity contribution in [3.05, 3.63) is 22.4 Å². The Balaban J connectivity index is 1.72. The maximum absolute atomic E-state index is 11.9. The number of carboxylic acids is 1. The number of carbonyl (C=O) groups excluding carboxylic acids is 1. The summed E-state index contributed by atoms with van der Waals surface area (Å²) >= 11 is 1.62. The van der Waals surface area contributed by atoms with Crippen LogP contribution in [0.25, 0.3) is 0 Å². The molecule has 1 amide bonds. The number of carboxylic acid groups (broad SMARTS) is 1. The Bertz CT molecular complexity index is 475. The lowest BCUT2D eigenvalue weighted by Crippen LogP contribution is -2.42. The molecule has 6 heteroatoms. The van der Waals surface area contributed by atoms with E-state index in [0.29, 0.717) is 6.42 Å². The summed E-state index contributed by atoms with van der Waals surface area (Å²) in [7, 11) is 0. The highest BCUT2D eigenvalue weighted by atomic mass is 32.1. The summed E-state index contributed by atoms with van der Waals surface area (Å²) in [4.78, 5) is 24.1. The first-order chi connectivity index (χ1) is 10.1. The van der Waals surface area contributed by atoms with Crippen LogP contribution in [-0.4, -0.2) is 29.6 Å². The fraction of sp³-hybridized carbons (Fsp3) is 0.600.